The first-order valence-corrected chi connectivity index (χ1v) is 8.76. The summed E-state index contributed by atoms with van der Waals surface area (Å²) in [4.78, 5) is 12.1. The minimum atomic E-state index is -3.15. The van der Waals surface area contributed by atoms with E-state index in [1.165, 1.54) is 0 Å². The van der Waals surface area contributed by atoms with Gasteiger partial charge in [0.2, 0.25) is 0 Å². The van der Waals surface area contributed by atoms with Gasteiger partial charge in [0.1, 0.15) is 0 Å². The normalized spacial score (nSPS) is 25.2. The number of aryl methyl sites for hydroxylation is 1. The summed E-state index contributed by atoms with van der Waals surface area (Å²) in [6, 6.07) is 4.80. The Labute approximate surface area is 125 Å². The molecule has 104 valence electrons. The van der Waals surface area contributed by atoms with Crippen LogP contribution in [-0.2, 0) is 9.84 Å². The first kappa shape index (κ1) is 14.8. The molecule has 1 amide bonds. The van der Waals surface area contributed by atoms with E-state index in [1.807, 2.05) is 13.0 Å². The number of rotatable bonds is 2. The lowest BCUT2D eigenvalue weighted by atomic mass is 10.1. The van der Waals surface area contributed by atoms with Gasteiger partial charge in [0, 0.05) is 4.47 Å². The number of hydrogen-bond acceptors (Lipinski definition) is 3. The molecule has 1 N–H and O–H groups in total. The van der Waals surface area contributed by atoms with Crippen molar-refractivity contribution in [3.8, 4) is 0 Å². The summed E-state index contributed by atoms with van der Waals surface area (Å²) < 4.78 is 23.6. The van der Waals surface area contributed by atoms with E-state index < -0.39 is 21.3 Å². The monoisotopic (exact) mass is 365 g/mol. The van der Waals surface area contributed by atoms with Crippen LogP contribution in [0.4, 0.5) is 0 Å². The van der Waals surface area contributed by atoms with Gasteiger partial charge in [-0.3, -0.25) is 4.79 Å². The second-order valence-electron chi connectivity index (χ2n) is 4.61. The summed E-state index contributed by atoms with van der Waals surface area (Å²) in [6.45, 7) is 1.88. The van der Waals surface area contributed by atoms with E-state index in [1.54, 1.807) is 12.1 Å². The fourth-order valence-corrected chi connectivity index (χ4v) is 5.00. The molecule has 0 bridgehead atoms. The molecule has 7 heteroatoms. The molecular formula is C12H13BrClNO3S. The molecule has 2 unspecified atom stereocenters. The average molecular weight is 367 g/mol. The van der Waals surface area contributed by atoms with E-state index >= 15 is 0 Å². The van der Waals surface area contributed by atoms with Crippen molar-refractivity contribution < 1.29 is 13.2 Å². The van der Waals surface area contributed by atoms with Crippen molar-refractivity contribution in [1.82, 2.24) is 5.32 Å². The van der Waals surface area contributed by atoms with E-state index in [0.29, 0.717) is 10.0 Å². The zero-order valence-electron chi connectivity index (χ0n) is 10.2. The fourth-order valence-electron chi connectivity index (χ4n) is 2.01. The van der Waals surface area contributed by atoms with Crippen molar-refractivity contribution in [2.75, 3.05) is 11.5 Å². The van der Waals surface area contributed by atoms with E-state index in [-0.39, 0.29) is 17.4 Å². The topological polar surface area (TPSA) is 63.2 Å². The summed E-state index contributed by atoms with van der Waals surface area (Å²) >= 11 is 9.32. The molecule has 1 saturated heterocycles. The van der Waals surface area contributed by atoms with Gasteiger partial charge in [0.05, 0.1) is 28.5 Å². The maximum Gasteiger partial charge on any atom is 0.252 e. The zero-order valence-corrected chi connectivity index (χ0v) is 13.3. The number of halogens is 2. The smallest absolute Gasteiger partial charge is 0.252 e. The van der Waals surface area contributed by atoms with Crippen LogP contribution < -0.4 is 5.32 Å². The summed E-state index contributed by atoms with van der Waals surface area (Å²) in [6.07, 6.45) is 0. The van der Waals surface area contributed by atoms with Gasteiger partial charge >= 0.3 is 0 Å². The van der Waals surface area contributed by atoms with Crippen LogP contribution in [0.3, 0.4) is 0 Å². The maximum absolute atomic E-state index is 12.1. The molecular weight excluding hydrogens is 354 g/mol. The molecule has 1 aliphatic rings. The lowest BCUT2D eigenvalue weighted by Gasteiger charge is -2.15. The third-order valence-electron chi connectivity index (χ3n) is 3.04. The quantitative estimate of drug-likeness (QED) is 0.813. The number of carbonyl (C=O) groups excluding carboxylic acids is 1. The largest absolute Gasteiger partial charge is 0.347 e. The van der Waals surface area contributed by atoms with Crippen LogP contribution in [0.2, 0.25) is 0 Å². The molecule has 0 radical (unpaired) electrons. The molecule has 0 saturated carbocycles. The predicted molar refractivity (Wildman–Crippen MR) is 78.4 cm³/mol. The molecule has 0 aromatic heterocycles. The lowest BCUT2D eigenvalue weighted by molar-refractivity contribution is 0.0940. The van der Waals surface area contributed by atoms with Crippen LogP contribution in [0.25, 0.3) is 0 Å². The number of carbonyl (C=O) groups is 1. The second-order valence-corrected chi connectivity index (χ2v) is 8.12. The van der Waals surface area contributed by atoms with Crippen LogP contribution in [-0.4, -0.2) is 37.2 Å². The van der Waals surface area contributed by atoms with Crippen LogP contribution in [0, 0.1) is 6.92 Å². The number of sulfone groups is 1. The number of nitrogens with one attached hydrogen (secondary N) is 1. The number of hydrogen-bond donors (Lipinski definition) is 1. The summed E-state index contributed by atoms with van der Waals surface area (Å²) in [5, 5.41) is 2.12. The van der Waals surface area contributed by atoms with Crippen LogP contribution in [0.15, 0.2) is 22.7 Å². The van der Waals surface area contributed by atoms with Crippen molar-refractivity contribution in [3.63, 3.8) is 0 Å². The average Bonchev–Trinajstić information content (AvgIpc) is 2.55. The Morgan fingerprint density at radius 3 is 2.68 bits per heavy atom. The highest BCUT2D eigenvalue weighted by Gasteiger charge is 2.37. The van der Waals surface area contributed by atoms with Crippen LogP contribution >= 0.6 is 27.5 Å². The minimum absolute atomic E-state index is 0.0888. The van der Waals surface area contributed by atoms with Gasteiger partial charge in [-0.15, -0.1) is 11.6 Å². The Kier molecular flexibility index (Phi) is 4.23. The predicted octanol–water partition coefficient (Wildman–Crippen LogP) is 1.89. The molecule has 1 heterocycles. The molecule has 1 aliphatic heterocycles. The summed E-state index contributed by atoms with van der Waals surface area (Å²) in [5.41, 5.74) is 1.42. The number of benzene rings is 1. The standard InChI is InChI=1S/C12H13BrClNO3S/c1-7-3-2-4-8(11(7)13)12(16)15-10-6-19(17,18)5-9(10)14/h2-4,9-10H,5-6H2,1H3,(H,15,16). The molecule has 2 atom stereocenters. The zero-order chi connectivity index (χ0) is 14.2. The van der Waals surface area contributed by atoms with E-state index in [0.717, 1.165) is 5.56 Å². The van der Waals surface area contributed by atoms with Crippen LogP contribution in [0.5, 0.6) is 0 Å². The Hall–Kier alpha value is -0.590. The van der Waals surface area contributed by atoms with Crippen molar-refractivity contribution in [2.45, 2.75) is 18.3 Å². The summed E-state index contributed by atoms with van der Waals surface area (Å²) in [7, 11) is -3.15. The highest BCUT2D eigenvalue weighted by atomic mass is 79.9. The molecule has 1 fully saturated rings. The van der Waals surface area contributed by atoms with Crippen molar-refractivity contribution in [2.24, 2.45) is 0 Å². The van der Waals surface area contributed by atoms with E-state index in [9.17, 15) is 13.2 Å². The van der Waals surface area contributed by atoms with E-state index in [2.05, 4.69) is 21.2 Å². The molecule has 1 aromatic rings. The third-order valence-corrected chi connectivity index (χ3v) is 6.46. The maximum atomic E-state index is 12.1. The number of amides is 1. The van der Waals surface area contributed by atoms with Crippen LogP contribution in [0.1, 0.15) is 15.9 Å². The molecule has 2 rings (SSSR count). The first-order chi connectivity index (χ1) is 8.80. The highest BCUT2D eigenvalue weighted by Crippen LogP contribution is 2.23. The fraction of sp³-hybridized carbons (Fsp3) is 0.417. The number of alkyl halides is 1. The van der Waals surface area contributed by atoms with Gasteiger partial charge in [-0.2, -0.15) is 0 Å². The Morgan fingerprint density at radius 2 is 2.11 bits per heavy atom. The van der Waals surface area contributed by atoms with E-state index in [4.69, 9.17) is 11.6 Å². The molecule has 0 spiro atoms. The van der Waals surface area contributed by atoms with Crippen molar-refractivity contribution in [3.05, 3.63) is 33.8 Å². The third kappa shape index (κ3) is 3.30. The highest BCUT2D eigenvalue weighted by molar-refractivity contribution is 9.10. The van der Waals surface area contributed by atoms with Gasteiger partial charge in [0.15, 0.2) is 9.84 Å². The van der Waals surface area contributed by atoms with Crippen molar-refractivity contribution >= 4 is 43.3 Å². The minimum Gasteiger partial charge on any atom is -0.347 e. The Morgan fingerprint density at radius 1 is 1.42 bits per heavy atom. The molecule has 19 heavy (non-hydrogen) atoms. The van der Waals surface area contributed by atoms with Gasteiger partial charge in [-0.25, -0.2) is 8.42 Å². The van der Waals surface area contributed by atoms with Crippen molar-refractivity contribution in [1.29, 1.82) is 0 Å². The van der Waals surface area contributed by atoms with Gasteiger partial charge in [0.25, 0.3) is 5.91 Å². The first-order valence-electron chi connectivity index (χ1n) is 5.70. The molecule has 4 nitrogen and oxygen atoms in total. The molecule has 1 aromatic carbocycles. The summed E-state index contributed by atoms with van der Waals surface area (Å²) in [5.74, 6) is -0.506. The lowest BCUT2D eigenvalue weighted by Crippen LogP contribution is -2.40. The second kappa shape index (κ2) is 5.42. The molecule has 0 aliphatic carbocycles. The van der Waals surface area contributed by atoms with Gasteiger partial charge in [-0.1, -0.05) is 12.1 Å². The van der Waals surface area contributed by atoms with Gasteiger partial charge < -0.3 is 5.32 Å². The Balaban J connectivity index is 2.16. The van der Waals surface area contributed by atoms with Gasteiger partial charge in [-0.05, 0) is 34.5 Å². The Bertz CT molecular complexity index is 617. The SMILES string of the molecule is Cc1cccc(C(=O)NC2CS(=O)(=O)CC2Cl)c1Br.